The van der Waals surface area contributed by atoms with Gasteiger partial charge in [0.25, 0.3) is 0 Å². The van der Waals surface area contributed by atoms with Gasteiger partial charge in [0, 0.05) is 19.8 Å². The highest BCUT2D eigenvalue weighted by molar-refractivity contribution is 7.91. The average molecular weight is 307 g/mol. The summed E-state index contributed by atoms with van der Waals surface area (Å²) in [5, 5.41) is 0. The SMILES string of the molecule is COC(CS(=O)(=O)c1ccc(C(=O)CCl)cc1)OC. The molecule has 1 aromatic carbocycles. The number of ketones is 1. The minimum Gasteiger partial charge on any atom is -0.355 e. The molecule has 7 heteroatoms. The van der Waals surface area contributed by atoms with Gasteiger partial charge in [-0.3, -0.25) is 4.79 Å². The number of ether oxygens (including phenoxy) is 2. The van der Waals surface area contributed by atoms with Crippen LogP contribution < -0.4 is 0 Å². The molecule has 1 aromatic rings. The third kappa shape index (κ3) is 4.28. The lowest BCUT2D eigenvalue weighted by molar-refractivity contribution is -0.0851. The minimum absolute atomic E-state index is 0.109. The highest BCUT2D eigenvalue weighted by Crippen LogP contribution is 2.15. The van der Waals surface area contributed by atoms with Crippen molar-refractivity contribution in [2.45, 2.75) is 11.2 Å². The summed E-state index contributed by atoms with van der Waals surface area (Å²) in [4.78, 5) is 11.4. The molecule has 0 aliphatic heterocycles. The van der Waals surface area contributed by atoms with E-state index >= 15 is 0 Å². The number of methoxy groups -OCH3 is 2. The number of sulfone groups is 1. The molecule has 5 nitrogen and oxygen atoms in total. The van der Waals surface area contributed by atoms with E-state index in [1.165, 1.54) is 38.5 Å². The smallest absolute Gasteiger partial charge is 0.183 e. The lowest BCUT2D eigenvalue weighted by Crippen LogP contribution is -2.24. The second kappa shape index (κ2) is 7.00. The Labute approximate surface area is 117 Å². The van der Waals surface area contributed by atoms with Crippen LogP contribution in [0.5, 0.6) is 0 Å². The monoisotopic (exact) mass is 306 g/mol. The summed E-state index contributed by atoms with van der Waals surface area (Å²) in [6, 6.07) is 5.62. The highest BCUT2D eigenvalue weighted by Gasteiger charge is 2.21. The van der Waals surface area contributed by atoms with E-state index in [1.807, 2.05) is 0 Å². The Kier molecular flexibility index (Phi) is 5.93. The summed E-state index contributed by atoms with van der Waals surface area (Å²) in [6.07, 6.45) is -0.825. The van der Waals surface area contributed by atoms with Crippen LogP contribution in [0.4, 0.5) is 0 Å². The van der Waals surface area contributed by atoms with Crippen LogP contribution in [0.3, 0.4) is 0 Å². The summed E-state index contributed by atoms with van der Waals surface area (Å²) in [5.74, 6) is -0.679. The topological polar surface area (TPSA) is 69.7 Å². The van der Waals surface area contributed by atoms with Crippen molar-refractivity contribution in [2.75, 3.05) is 25.9 Å². The first-order valence-corrected chi connectivity index (χ1v) is 7.61. The predicted octanol–water partition coefficient (Wildman–Crippen LogP) is 1.50. The van der Waals surface area contributed by atoms with Crippen LogP contribution in [0.2, 0.25) is 0 Å². The molecule has 0 N–H and O–H groups in total. The maximum atomic E-state index is 12.0. The Bertz CT molecular complexity index is 520. The second-order valence-corrected chi connectivity index (χ2v) is 6.07. The van der Waals surface area contributed by atoms with Crippen molar-refractivity contribution >= 4 is 27.2 Å². The maximum Gasteiger partial charge on any atom is 0.183 e. The largest absolute Gasteiger partial charge is 0.355 e. The number of benzene rings is 1. The summed E-state index contributed by atoms with van der Waals surface area (Å²) < 4.78 is 33.8. The Morgan fingerprint density at radius 3 is 2.16 bits per heavy atom. The lowest BCUT2D eigenvalue weighted by Gasteiger charge is -2.13. The van der Waals surface area contributed by atoms with Gasteiger partial charge in [-0.2, -0.15) is 0 Å². The highest BCUT2D eigenvalue weighted by atomic mass is 35.5. The first kappa shape index (κ1) is 16.1. The quantitative estimate of drug-likeness (QED) is 0.434. The van der Waals surface area contributed by atoms with Crippen molar-refractivity contribution in [3.05, 3.63) is 29.8 Å². The molecule has 0 atom stereocenters. The molecule has 0 unspecified atom stereocenters. The number of hydrogen-bond donors (Lipinski definition) is 0. The van der Waals surface area contributed by atoms with E-state index in [2.05, 4.69) is 0 Å². The number of carbonyl (C=O) groups excluding carboxylic acids is 1. The fraction of sp³-hybridized carbons (Fsp3) is 0.417. The molecule has 0 spiro atoms. The molecule has 0 heterocycles. The number of halogens is 1. The van der Waals surface area contributed by atoms with Gasteiger partial charge in [-0.15, -0.1) is 11.6 Å². The van der Waals surface area contributed by atoms with E-state index < -0.39 is 16.1 Å². The van der Waals surface area contributed by atoms with Crippen LogP contribution in [0.15, 0.2) is 29.2 Å². The molecule has 0 saturated carbocycles. The van der Waals surface area contributed by atoms with Crippen molar-refractivity contribution < 1.29 is 22.7 Å². The van der Waals surface area contributed by atoms with E-state index in [0.717, 1.165) is 0 Å². The van der Waals surface area contributed by atoms with Crippen LogP contribution in [-0.2, 0) is 19.3 Å². The van der Waals surface area contributed by atoms with Crippen molar-refractivity contribution in [1.82, 2.24) is 0 Å². The molecular weight excluding hydrogens is 292 g/mol. The number of rotatable bonds is 7. The summed E-state index contributed by atoms with van der Waals surface area (Å²) in [6.45, 7) is 0. The fourth-order valence-corrected chi connectivity index (χ4v) is 2.96. The Morgan fingerprint density at radius 1 is 1.21 bits per heavy atom. The molecule has 0 fully saturated rings. The van der Waals surface area contributed by atoms with Crippen LogP contribution in [0, 0.1) is 0 Å². The molecule has 0 bridgehead atoms. The van der Waals surface area contributed by atoms with Crippen molar-refractivity contribution in [1.29, 1.82) is 0 Å². The molecule has 0 aliphatic rings. The van der Waals surface area contributed by atoms with Gasteiger partial charge in [-0.25, -0.2) is 8.42 Å². The van der Waals surface area contributed by atoms with Gasteiger partial charge in [-0.1, -0.05) is 12.1 Å². The van der Waals surface area contributed by atoms with E-state index in [9.17, 15) is 13.2 Å². The molecule has 1 rings (SSSR count). The van der Waals surface area contributed by atoms with Crippen LogP contribution >= 0.6 is 11.6 Å². The van der Waals surface area contributed by atoms with Gasteiger partial charge >= 0.3 is 0 Å². The van der Waals surface area contributed by atoms with E-state index in [1.54, 1.807) is 0 Å². The molecule has 0 saturated heterocycles. The number of alkyl halides is 1. The van der Waals surface area contributed by atoms with Crippen LogP contribution in [0.1, 0.15) is 10.4 Å². The van der Waals surface area contributed by atoms with Gasteiger partial charge in [0.15, 0.2) is 21.9 Å². The molecule has 0 amide bonds. The number of carbonyl (C=O) groups is 1. The predicted molar refractivity (Wildman–Crippen MR) is 71.4 cm³/mol. The van der Waals surface area contributed by atoms with E-state index in [0.29, 0.717) is 5.56 Å². The fourth-order valence-electron chi connectivity index (χ4n) is 1.43. The number of hydrogen-bond acceptors (Lipinski definition) is 5. The minimum atomic E-state index is -3.53. The number of Topliss-reactive ketones (excluding diaryl/α,β-unsaturated/α-hetero) is 1. The maximum absolute atomic E-state index is 12.0. The third-order valence-electron chi connectivity index (χ3n) is 2.54. The molecule has 106 valence electrons. The zero-order valence-electron chi connectivity index (χ0n) is 10.6. The molecular formula is C12H15ClO5S. The molecule has 0 radical (unpaired) electrons. The van der Waals surface area contributed by atoms with Gasteiger partial charge in [-0.05, 0) is 12.1 Å². The summed E-state index contributed by atoms with van der Waals surface area (Å²) in [7, 11) is -0.793. The van der Waals surface area contributed by atoms with Crippen molar-refractivity contribution in [2.24, 2.45) is 0 Å². The Morgan fingerprint density at radius 2 is 1.74 bits per heavy atom. The normalized spacial score (nSPS) is 11.8. The van der Waals surface area contributed by atoms with E-state index in [-0.39, 0.29) is 22.3 Å². The Hall–Kier alpha value is -0.950. The van der Waals surface area contributed by atoms with Gasteiger partial charge in [0.05, 0.1) is 10.8 Å². The average Bonchev–Trinajstić information content (AvgIpc) is 2.44. The standard InChI is InChI=1S/C12H15ClO5S/c1-17-12(18-2)8-19(15,16)10-5-3-9(4-6-10)11(14)7-13/h3-6,12H,7-8H2,1-2H3. The molecule has 0 aromatic heterocycles. The van der Waals surface area contributed by atoms with Crippen LogP contribution in [-0.4, -0.2) is 46.3 Å². The zero-order chi connectivity index (χ0) is 14.5. The van der Waals surface area contributed by atoms with Gasteiger partial charge in [0.2, 0.25) is 0 Å². The van der Waals surface area contributed by atoms with Gasteiger partial charge in [0.1, 0.15) is 5.75 Å². The summed E-state index contributed by atoms with van der Waals surface area (Å²) >= 11 is 5.42. The first-order chi connectivity index (χ1) is 8.94. The van der Waals surface area contributed by atoms with E-state index in [4.69, 9.17) is 21.1 Å². The third-order valence-corrected chi connectivity index (χ3v) is 4.48. The molecule has 0 aliphatic carbocycles. The van der Waals surface area contributed by atoms with Crippen molar-refractivity contribution in [3.63, 3.8) is 0 Å². The Balaban J connectivity index is 2.93. The van der Waals surface area contributed by atoms with Gasteiger partial charge < -0.3 is 9.47 Å². The molecule has 19 heavy (non-hydrogen) atoms. The summed E-state index contributed by atoms with van der Waals surface area (Å²) in [5.41, 5.74) is 0.379. The van der Waals surface area contributed by atoms with Crippen molar-refractivity contribution in [3.8, 4) is 0 Å². The second-order valence-electron chi connectivity index (χ2n) is 3.76. The first-order valence-electron chi connectivity index (χ1n) is 5.42. The zero-order valence-corrected chi connectivity index (χ0v) is 12.2. The lowest BCUT2D eigenvalue weighted by atomic mass is 10.1. The van der Waals surface area contributed by atoms with Crippen LogP contribution in [0.25, 0.3) is 0 Å².